The van der Waals surface area contributed by atoms with Gasteiger partial charge in [-0.2, -0.15) is 0 Å². The van der Waals surface area contributed by atoms with E-state index in [1.54, 1.807) is 36.4 Å². The second-order valence-corrected chi connectivity index (χ2v) is 9.49. The van der Waals surface area contributed by atoms with E-state index in [9.17, 15) is 14.0 Å². The summed E-state index contributed by atoms with van der Waals surface area (Å²) in [6, 6.07) is 13.2. The molecule has 0 aliphatic carbocycles. The normalized spacial score (nSPS) is 17.2. The van der Waals surface area contributed by atoms with E-state index in [-0.39, 0.29) is 11.8 Å². The molecule has 1 saturated heterocycles. The molecule has 8 heteroatoms. The molecule has 2 aromatic carbocycles. The number of amides is 2. The van der Waals surface area contributed by atoms with E-state index in [1.165, 1.54) is 18.2 Å². The summed E-state index contributed by atoms with van der Waals surface area (Å²) in [6.07, 6.45) is 3.45. The molecule has 0 spiro atoms. The second kappa shape index (κ2) is 9.32. The summed E-state index contributed by atoms with van der Waals surface area (Å²) in [5.74, 6) is 0.106. The quantitative estimate of drug-likeness (QED) is 0.494. The zero-order valence-electron chi connectivity index (χ0n) is 19.5. The molecule has 35 heavy (non-hydrogen) atoms. The molecule has 1 aromatic heterocycles. The number of fused-ring (bicyclic) bond motifs is 1. The first kappa shape index (κ1) is 23.3. The minimum atomic E-state index is -0.425. The van der Waals surface area contributed by atoms with Gasteiger partial charge in [-0.1, -0.05) is 11.6 Å². The van der Waals surface area contributed by atoms with E-state index in [4.69, 9.17) is 16.0 Å². The lowest BCUT2D eigenvalue weighted by atomic mass is 10.0. The van der Waals surface area contributed by atoms with E-state index in [2.05, 4.69) is 24.3 Å². The number of carbonyl (C=O) groups excluding carboxylic acids is 2. The molecular weight excluding hydrogens is 469 g/mol. The molecule has 3 heterocycles. The maximum Gasteiger partial charge on any atom is 0.256 e. The van der Waals surface area contributed by atoms with Gasteiger partial charge in [0, 0.05) is 41.5 Å². The van der Waals surface area contributed by atoms with Gasteiger partial charge in [-0.15, -0.1) is 0 Å². The van der Waals surface area contributed by atoms with E-state index in [0.29, 0.717) is 63.6 Å². The Morgan fingerprint density at radius 1 is 1.11 bits per heavy atom. The summed E-state index contributed by atoms with van der Waals surface area (Å²) in [4.78, 5) is 29.6. The highest BCUT2D eigenvalue weighted by molar-refractivity contribution is 6.35. The fourth-order valence-corrected chi connectivity index (χ4v) is 4.85. The first-order chi connectivity index (χ1) is 16.8. The van der Waals surface area contributed by atoms with Gasteiger partial charge in [-0.3, -0.25) is 9.59 Å². The molecule has 180 valence electrons. The van der Waals surface area contributed by atoms with Crippen molar-refractivity contribution in [3.05, 3.63) is 76.3 Å². The van der Waals surface area contributed by atoms with Gasteiger partial charge in [0.1, 0.15) is 17.3 Å². The van der Waals surface area contributed by atoms with Crippen molar-refractivity contribution in [1.29, 1.82) is 0 Å². The lowest BCUT2D eigenvalue weighted by Crippen LogP contribution is -2.44. The van der Waals surface area contributed by atoms with Crippen LogP contribution in [0.15, 0.2) is 52.9 Å². The number of nitrogens with zero attached hydrogens (tertiary/aromatic N) is 2. The van der Waals surface area contributed by atoms with Crippen molar-refractivity contribution < 1.29 is 18.4 Å². The Morgan fingerprint density at radius 2 is 1.89 bits per heavy atom. The summed E-state index contributed by atoms with van der Waals surface area (Å²) in [5.41, 5.74) is 2.49. The van der Waals surface area contributed by atoms with E-state index in [1.807, 2.05) is 4.90 Å². The number of anilines is 1. The smallest absolute Gasteiger partial charge is 0.256 e. The number of hydrogen-bond donors (Lipinski definition) is 1. The van der Waals surface area contributed by atoms with Gasteiger partial charge in [0.2, 0.25) is 0 Å². The molecule has 2 amide bonds. The fourth-order valence-electron chi connectivity index (χ4n) is 4.64. The van der Waals surface area contributed by atoms with Crippen LogP contribution in [0.2, 0.25) is 5.02 Å². The van der Waals surface area contributed by atoms with Crippen LogP contribution in [0.25, 0.3) is 23.0 Å². The third-order valence-electron chi connectivity index (χ3n) is 6.64. The Balaban J connectivity index is 1.39. The topological polar surface area (TPSA) is 65.8 Å². The molecule has 2 aliphatic heterocycles. The van der Waals surface area contributed by atoms with Gasteiger partial charge >= 0.3 is 0 Å². The molecule has 1 fully saturated rings. The minimum absolute atomic E-state index is 0.0321. The molecule has 5 rings (SSSR count). The van der Waals surface area contributed by atoms with Crippen LogP contribution in [0.4, 0.5) is 10.1 Å². The average Bonchev–Trinajstić information content (AvgIpc) is 3.43. The van der Waals surface area contributed by atoms with Crippen LogP contribution in [0.5, 0.6) is 0 Å². The number of piperidine rings is 1. The standard InChI is InChI=1S/C27H25ClFN3O3/c1-31(2)18-9-11-32(12-10-18)27(34)16-3-6-23(28)22(13-16)25-8-5-19(35-25)15-21-20-14-17(29)4-7-24(20)30-26(21)33/h3-8,13-15,18H,9-12H2,1-2H3,(H,30,33)/b21-15+. The number of hydrogen-bond acceptors (Lipinski definition) is 4. The van der Waals surface area contributed by atoms with Crippen LogP contribution >= 0.6 is 11.6 Å². The van der Waals surface area contributed by atoms with Crippen LogP contribution in [0.3, 0.4) is 0 Å². The molecule has 0 radical (unpaired) electrons. The maximum absolute atomic E-state index is 13.7. The molecule has 0 bridgehead atoms. The fraction of sp³-hybridized carbons (Fsp3) is 0.259. The summed E-state index contributed by atoms with van der Waals surface area (Å²) >= 11 is 6.45. The van der Waals surface area contributed by atoms with Crippen molar-refractivity contribution in [3.8, 4) is 11.3 Å². The van der Waals surface area contributed by atoms with Crippen molar-refractivity contribution in [2.45, 2.75) is 18.9 Å². The van der Waals surface area contributed by atoms with Gasteiger partial charge < -0.3 is 19.5 Å². The summed E-state index contributed by atoms with van der Waals surface area (Å²) < 4.78 is 19.7. The predicted octanol–water partition coefficient (Wildman–Crippen LogP) is 5.40. The van der Waals surface area contributed by atoms with Gasteiger partial charge in [-0.25, -0.2) is 4.39 Å². The lowest BCUT2D eigenvalue weighted by Gasteiger charge is -2.35. The molecule has 0 unspecified atom stereocenters. The highest BCUT2D eigenvalue weighted by Crippen LogP contribution is 2.36. The Labute approximate surface area is 208 Å². The van der Waals surface area contributed by atoms with Crippen LogP contribution < -0.4 is 5.32 Å². The van der Waals surface area contributed by atoms with Crippen LogP contribution in [-0.2, 0) is 4.79 Å². The zero-order chi connectivity index (χ0) is 24.7. The highest BCUT2D eigenvalue weighted by atomic mass is 35.5. The van der Waals surface area contributed by atoms with Crippen LogP contribution in [0, 0.1) is 5.82 Å². The van der Waals surface area contributed by atoms with E-state index >= 15 is 0 Å². The average molecular weight is 494 g/mol. The maximum atomic E-state index is 13.7. The van der Waals surface area contributed by atoms with E-state index < -0.39 is 5.82 Å². The number of benzene rings is 2. The Bertz CT molecular complexity index is 1340. The highest BCUT2D eigenvalue weighted by Gasteiger charge is 2.26. The molecule has 1 N–H and O–H groups in total. The first-order valence-corrected chi connectivity index (χ1v) is 11.9. The number of likely N-dealkylation sites (tertiary alicyclic amines) is 1. The Kier molecular flexibility index (Phi) is 6.21. The van der Waals surface area contributed by atoms with Gasteiger partial charge in [0.15, 0.2) is 0 Å². The van der Waals surface area contributed by atoms with Gasteiger partial charge in [0.05, 0.1) is 10.6 Å². The molecule has 6 nitrogen and oxygen atoms in total. The number of furan rings is 1. The Morgan fingerprint density at radius 3 is 2.63 bits per heavy atom. The summed E-state index contributed by atoms with van der Waals surface area (Å²) in [7, 11) is 4.13. The van der Waals surface area contributed by atoms with Gasteiger partial charge in [-0.05, 0) is 81.5 Å². The number of nitrogens with one attached hydrogen (secondary N) is 1. The number of carbonyl (C=O) groups is 2. The molecule has 0 atom stereocenters. The summed E-state index contributed by atoms with van der Waals surface area (Å²) in [6.45, 7) is 1.42. The monoisotopic (exact) mass is 493 g/mol. The molecule has 3 aromatic rings. The first-order valence-electron chi connectivity index (χ1n) is 11.5. The lowest BCUT2D eigenvalue weighted by molar-refractivity contribution is -0.110. The van der Waals surface area contributed by atoms with Gasteiger partial charge in [0.25, 0.3) is 11.8 Å². The van der Waals surface area contributed by atoms with Crippen molar-refractivity contribution >= 4 is 40.8 Å². The molecular formula is C27H25ClFN3O3. The number of halogens is 2. The van der Waals surface area contributed by atoms with Crippen molar-refractivity contribution in [1.82, 2.24) is 9.80 Å². The summed E-state index contributed by atoms with van der Waals surface area (Å²) in [5, 5.41) is 3.17. The van der Waals surface area contributed by atoms with Crippen LogP contribution in [-0.4, -0.2) is 54.8 Å². The SMILES string of the molecule is CN(C)C1CCN(C(=O)c2ccc(Cl)c(-c3ccc(/C=C4/C(=O)Nc5ccc(F)cc54)o3)c2)CC1. The molecule has 2 aliphatic rings. The predicted molar refractivity (Wildman–Crippen MR) is 135 cm³/mol. The third kappa shape index (κ3) is 4.61. The van der Waals surface area contributed by atoms with Crippen molar-refractivity contribution in [3.63, 3.8) is 0 Å². The van der Waals surface area contributed by atoms with Crippen molar-refractivity contribution in [2.75, 3.05) is 32.5 Å². The van der Waals surface area contributed by atoms with E-state index in [0.717, 1.165) is 12.8 Å². The Hall–Kier alpha value is -3.42. The number of rotatable bonds is 4. The molecule has 0 saturated carbocycles. The zero-order valence-corrected chi connectivity index (χ0v) is 20.2. The van der Waals surface area contributed by atoms with Crippen molar-refractivity contribution in [2.24, 2.45) is 0 Å². The van der Waals surface area contributed by atoms with Crippen LogP contribution in [0.1, 0.15) is 34.5 Å². The third-order valence-corrected chi connectivity index (χ3v) is 6.97. The largest absolute Gasteiger partial charge is 0.457 e. The second-order valence-electron chi connectivity index (χ2n) is 9.09. The minimum Gasteiger partial charge on any atom is -0.457 e.